The SMILES string of the molecule is ClCCl.O=S(=O)(O)c1ccccc1. The van der Waals surface area contributed by atoms with E-state index in [1.54, 1.807) is 18.2 Å². The molecule has 13 heavy (non-hydrogen) atoms. The predicted molar refractivity (Wildman–Crippen MR) is 52.8 cm³/mol. The first-order valence-corrected chi connectivity index (χ1v) is 5.67. The summed E-state index contributed by atoms with van der Waals surface area (Å²) >= 11 is 9.53. The average molecular weight is 243 g/mol. The van der Waals surface area contributed by atoms with Crippen molar-refractivity contribution in [2.75, 3.05) is 5.34 Å². The van der Waals surface area contributed by atoms with Gasteiger partial charge in [-0.15, -0.1) is 23.2 Å². The van der Waals surface area contributed by atoms with Crippen molar-refractivity contribution in [2.45, 2.75) is 4.90 Å². The van der Waals surface area contributed by atoms with Crippen LogP contribution in [0, 0.1) is 0 Å². The van der Waals surface area contributed by atoms with Crippen molar-refractivity contribution in [3.63, 3.8) is 0 Å². The molecule has 1 N–H and O–H groups in total. The molecule has 0 aliphatic heterocycles. The molecule has 74 valence electrons. The Morgan fingerprint density at radius 1 is 1.15 bits per heavy atom. The summed E-state index contributed by atoms with van der Waals surface area (Å²) in [4.78, 5) is -0.0741. The van der Waals surface area contributed by atoms with Gasteiger partial charge in [0.25, 0.3) is 10.1 Å². The van der Waals surface area contributed by atoms with Crippen LogP contribution in [0.1, 0.15) is 0 Å². The molecular weight excluding hydrogens is 235 g/mol. The van der Waals surface area contributed by atoms with Crippen molar-refractivity contribution in [1.29, 1.82) is 0 Å². The Morgan fingerprint density at radius 2 is 1.54 bits per heavy atom. The van der Waals surface area contributed by atoms with Crippen molar-refractivity contribution < 1.29 is 13.0 Å². The van der Waals surface area contributed by atoms with Crippen molar-refractivity contribution in [3.05, 3.63) is 30.3 Å². The van der Waals surface area contributed by atoms with Crippen LogP contribution in [0.5, 0.6) is 0 Å². The lowest BCUT2D eigenvalue weighted by atomic mass is 10.4. The van der Waals surface area contributed by atoms with E-state index in [1.165, 1.54) is 12.1 Å². The van der Waals surface area contributed by atoms with Crippen molar-refractivity contribution in [1.82, 2.24) is 0 Å². The molecule has 0 atom stereocenters. The Balaban J connectivity index is 0.000000424. The maximum atomic E-state index is 10.4. The fourth-order valence-electron chi connectivity index (χ4n) is 0.592. The third-order valence-corrected chi connectivity index (χ3v) is 1.91. The van der Waals surface area contributed by atoms with E-state index in [-0.39, 0.29) is 10.2 Å². The van der Waals surface area contributed by atoms with Crippen molar-refractivity contribution in [3.8, 4) is 0 Å². The summed E-state index contributed by atoms with van der Waals surface area (Å²) in [5, 5.41) is 0.194. The monoisotopic (exact) mass is 242 g/mol. The van der Waals surface area contributed by atoms with Crippen LogP contribution in [0.15, 0.2) is 35.2 Å². The number of benzene rings is 1. The molecular formula is C7H8Cl2O3S. The Hall–Kier alpha value is -0.290. The Kier molecular flexibility index (Phi) is 6.07. The highest BCUT2D eigenvalue weighted by atomic mass is 35.5. The maximum Gasteiger partial charge on any atom is 0.294 e. The van der Waals surface area contributed by atoms with Gasteiger partial charge in [-0.05, 0) is 12.1 Å². The summed E-state index contributed by atoms with van der Waals surface area (Å²) in [6.07, 6.45) is 0. The summed E-state index contributed by atoms with van der Waals surface area (Å²) in [5.74, 6) is 0. The zero-order chi connectivity index (χ0) is 10.3. The van der Waals surface area contributed by atoms with E-state index in [1.807, 2.05) is 0 Å². The van der Waals surface area contributed by atoms with E-state index in [4.69, 9.17) is 27.8 Å². The standard InChI is InChI=1S/C6H6O3S.CH2Cl2/c7-10(8,9)6-4-2-1-3-5-6;2-1-3/h1-5H,(H,7,8,9);1H2. The second-order valence-corrected chi connectivity index (χ2v) is 4.12. The molecule has 3 nitrogen and oxygen atoms in total. The number of hydrogen-bond acceptors (Lipinski definition) is 2. The predicted octanol–water partition coefficient (Wildman–Crippen LogP) is 2.35. The molecule has 6 heteroatoms. The maximum absolute atomic E-state index is 10.4. The van der Waals surface area contributed by atoms with E-state index in [0.29, 0.717) is 0 Å². The minimum atomic E-state index is -4.00. The number of alkyl halides is 2. The summed E-state index contributed by atoms with van der Waals surface area (Å²) in [6.45, 7) is 0. The molecule has 0 saturated heterocycles. The normalized spacial score (nSPS) is 10.1. The van der Waals surface area contributed by atoms with Gasteiger partial charge in [-0.25, -0.2) is 0 Å². The molecule has 0 heterocycles. The van der Waals surface area contributed by atoms with Crippen LogP contribution in [-0.4, -0.2) is 18.3 Å². The molecule has 0 unspecified atom stereocenters. The minimum absolute atomic E-state index is 0.0741. The Labute approximate surface area is 87.0 Å². The highest BCUT2D eigenvalue weighted by Gasteiger charge is 2.05. The highest BCUT2D eigenvalue weighted by Crippen LogP contribution is 2.05. The number of halogens is 2. The summed E-state index contributed by atoms with van der Waals surface area (Å²) in [6, 6.07) is 7.42. The molecule has 1 aromatic carbocycles. The zero-order valence-corrected chi connectivity index (χ0v) is 8.85. The first-order chi connectivity index (χ1) is 6.02. The van der Waals surface area contributed by atoms with Gasteiger partial charge in [0, 0.05) is 0 Å². The molecule has 0 radical (unpaired) electrons. The lowest BCUT2D eigenvalue weighted by molar-refractivity contribution is 0.483. The molecule has 0 amide bonds. The van der Waals surface area contributed by atoms with E-state index < -0.39 is 10.1 Å². The second kappa shape index (κ2) is 6.21. The van der Waals surface area contributed by atoms with E-state index in [2.05, 4.69) is 0 Å². The third-order valence-electron chi connectivity index (χ3n) is 1.04. The molecule has 0 aliphatic rings. The lowest BCUT2D eigenvalue weighted by Gasteiger charge is -1.92. The topological polar surface area (TPSA) is 54.4 Å². The summed E-state index contributed by atoms with van der Waals surface area (Å²) in [5.41, 5.74) is 0. The van der Waals surface area contributed by atoms with Crippen LogP contribution in [-0.2, 0) is 10.1 Å². The third kappa shape index (κ3) is 5.87. The van der Waals surface area contributed by atoms with Crippen molar-refractivity contribution in [2.24, 2.45) is 0 Å². The van der Waals surface area contributed by atoms with Crippen LogP contribution in [0.25, 0.3) is 0 Å². The first kappa shape index (κ1) is 12.7. The molecule has 0 fully saturated rings. The van der Waals surface area contributed by atoms with E-state index in [9.17, 15) is 8.42 Å². The van der Waals surface area contributed by atoms with Crippen LogP contribution in [0.2, 0.25) is 0 Å². The molecule has 0 saturated carbocycles. The van der Waals surface area contributed by atoms with Crippen LogP contribution < -0.4 is 0 Å². The van der Waals surface area contributed by atoms with Gasteiger partial charge in [0.2, 0.25) is 0 Å². The quantitative estimate of drug-likeness (QED) is 0.608. The first-order valence-electron chi connectivity index (χ1n) is 3.17. The molecule has 1 aromatic rings. The Bertz CT molecular complexity index is 323. The zero-order valence-electron chi connectivity index (χ0n) is 6.52. The van der Waals surface area contributed by atoms with Gasteiger partial charge in [0.1, 0.15) is 0 Å². The van der Waals surface area contributed by atoms with Gasteiger partial charge in [-0.3, -0.25) is 4.55 Å². The molecule has 0 aliphatic carbocycles. The second-order valence-electron chi connectivity index (χ2n) is 1.89. The largest absolute Gasteiger partial charge is 0.294 e. The molecule has 0 spiro atoms. The minimum Gasteiger partial charge on any atom is -0.282 e. The van der Waals surface area contributed by atoms with Crippen LogP contribution in [0.4, 0.5) is 0 Å². The lowest BCUT2D eigenvalue weighted by Crippen LogP contribution is -1.96. The van der Waals surface area contributed by atoms with Gasteiger partial charge in [0.05, 0.1) is 10.2 Å². The molecule has 1 rings (SSSR count). The van der Waals surface area contributed by atoms with Crippen LogP contribution in [0.3, 0.4) is 0 Å². The highest BCUT2D eigenvalue weighted by molar-refractivity contribution is 7.85. The Morgan fingerprint density at radius 3 is 1.77 bits per heavy atom. The van der Waals surface area contributed by atoms with Crippen molar-refractivity contribution >= 4 is 33.3 Å². The summed E-state index contributed by atoms with van der Waals surface area (Å²) in [7, 11) is -4.00. The molecule has 0 bridgehead atoms. The van der Waals surface area contributed by atoms with E-state index in [0.717, 1.165) is 0 Å². The summed E-state index contributed by atoms with van der Waals surface area (Å²) < 4.78 is 29.2. The number of rotatable bonds is 1. The fourth-order valence-corrected chi connectivity index (χ4v) is 1.09. The molecule has 0 aromatic heterocycles. The van der Waals surface area contributed by atoms with Gasteiger partial charge >= 0.3 is 0 Å². The van der Waals surface area contributed by atoms with Crippen LogP contribution >= 0.6 is 23.2 Å². The average Bonchev–Trinajstić information content (AvgIpc) is 2.06. The van der Waals surface area contributed by atoms with Gasteiger partial charge < -0.3 is 0 Å². The van der Waals surface area contributed by atoms with Gasteiger partial charge in [0.15, 0.2) is 0 Å². The van der Waals surface area contributed by atoms with Gasteiger partial charge in [-0.1, -0.05) is 18.2 Å². The van der Waals surface area contributed by atoms with E-state index >= 15 is 0 Å². The smallest absolute Gasteiger partial charge is 0.282 e. The fraction of sp³-hybridized carbons (Fsp3) is 0.143. The number of hydrogen-bond donors (Lipinski definition) is 1. The van der Waals surface area contributed by atoms with Gasteiger partial charge in [-0.2, -0.15) is 8.42 Å².